The van der Waals surface area contributed by atoms with Crippen molar-refractivity contribution in [3.63, 3.8) is 0 Å². The first-order valence-corrected chi connectivity index (χ1v) is 16.3. The van der Waals surface area contributed by atoms with Gasteiger partial charge in [0, 0.05) is 49.9 Å². The van der Waals surface area contributed by atoms with Gasteiger partial charge in [0.05, 0.1) is 10.8 Å². The molecule has 2 aliphatic rings. The molecule has 44 heavy (non-hydrogen) atoms. The molecule has 254 valence electrons. The summed E-state index contributed by atoms with van der Waals surface area (Å²) in [6.45, 7) is 26.2. The Morgan fingerprint density at radius 1 is 0.591 bits per heavy atom. The predicted octanol–water partition coefficient (Wildman–Crippen LogP) is 7.26. The van der Waals surface area contributed by atoms with Crippen LogP contribution in [0.2, 0.25) is 0 Å². The third-order valence-electron chi connectivity index (χ3n) is 8.73. The highest BCUT2D eigenvalue weighted by Crippen LogP contribution is 2.40. The lowest BCUT2D eigenvalue weighted by Gasteiger charge is -2.44. The zero-order valence-electron chi connectivity index (χ0n) is 29.9. The molecule has 10 heteroatoms. The minimum Gasteiger partial charge on any atom is -0.462 e. The van der Waals surface area contributed by atoms with Crippen molar-refractivity contribution >= 4 is 24.1 Å². The molecule has 10 nitrogen and oxygen atoms in total. The Hall–Kier alpha value is -2.52. The van der Waals surface area contributed by atoms with Crippen LogP contribution in [0.15, 0.2) is 0 Å². The molecule has 2 rings (SSSR count). The van der Waals surface area contributed by atoms with E-state index in [9.17, 15) is 19.2 Å². The number of carbonyl (C=O) groups is 4. The molecule has 2 heterocycles. The second-order valence-electron chi connectivity index (χ2n) is 16.1. The minimum atomic E-state index is -0.945. The first kappa shape index (κ1) is 37.7. The summed E-state index contributed by atoms with van der Waals surface area (Å²) in [5, 5.41) is 0. The van der Waals surface area contributed by atoms with E-state index >= 15 is 0 Å². The van der Waals surface area contributed by atoms with Crippen molar-refractivity contribution in [3.8, 4) is 0 Å². The van der Waals surface area contributed by atoms with Crippen molar-refractivity contribution < 1.29 is 38.1 Å². The molecule has 0 N–H and O–H groups in total. The smallest absolute Gasteiger partial charge is 0.410 e. The van der Waals surface area contributed by atoms with Crippen molar-refractivity contribution in [1.29, 1.82) is 0 Å². The molecule has 0 spiro atoms. The lowest BCUT2D eigenvalue weighted by molar-refractivity contribution is -0.172. The Bertz CT molecular complexity index is 1020. The summed E-state index contributed by atoms with van der Waals surface area (Å²) in [5.74, 6) is -0.711. The third-order valence-corrected chi connectivity index (χ3v) is 8.73. The van der Waals surface area contributed by atoms with Crippen LogP contribution in [0.5, 0.6) is 0 Å². The summed E-state index contributed by atoms with van der Waals surface area (Å²) in [6, 6.07) is -0.622. The van der Waals surface area contributed by atoms with Crippen molar-refractivity contribution in [1.82, 2.24) is 9.80 Å². The summed E-state index contributed by atoms with van der Waals surface area (Å²) in [5.41, 5.74) is -3.04. The number of hydrogen-bond donors (Lipinski definition) is 0. The van der Waals surface area contributed by atoms with Crippen LogP contribution in [-0.2, 0) is 28.5 Å². The van der Waals surface area contributed by atoms with Gasteiger partial charge in [0.1, 0.15) is 23.4 Å². The molecule has 0 aromatic heterocycles. The number of carbonyl (C=O) groups excluding carboxylic acids is 4. The molecule has 0 aromatic carbocycles. The van der Waals surface area contributed by atoms with Crippen LogP contribution in [0, 0.1) is 10.8 Å². The molecule has 2 amide bonds. The van der Waals surface area contributed by atoms with Gasteiger partial charge in [-0.25, -0.2) is 9.59 Å². The highest BCUT2D eigenvalue weighted by molar-refractivity contribution is 5.80. The molecule has 0 radical (unpaired) electrons. The molecule has 0 saturated carbocycles. The normalized spacial score (nSPS) is 28.0. The van der Waals surface area contributed by atoms with Gasteiger partial charge < -0.3 is 28.7 Å². The molecule has 0 aliphatic carbocycles. The van der Waals surface area contributed by atoms with Crippen LogP contribution in [0.4, 0.5) is 9.59 Å². The summed E-state index contributed by atoms with van der Waals surface area (Å²) in [4.78, 5) is 56.2. The monoisotopic (exact) mass is 624 g/mol. The van der Waals surface area contributed by atoms with E-state index in [1.807, 2.05) is 96.9 Å². The molecule has 2 aliphatic heterocycles. The van der Waals surface area contributed by atoms with E-state index in [0.717, 1.165) is 0 Å². The number of rotatable bonds is 7. The fourth-order valence-corrected chi connectivity index (χ4v) is 6.57. The first-order valence-electron chi connectivity index (χ1n) is 16.3. The lowest BCUT2D eigenvalue weighted by atomic mass is 9.72. The predicted molar refractivity (Wildman–Crippen MR) is 169 cm³/mol. The summed E-state index contributed by atoms with van der Waals surface area (Å²) in [7, 11) is 0. The van der Waals surface area contributed by atoms with Crippen LogP contribution >= 0.6 is 0 Å². The van der Waals surface area contributed by atoms with Gasteiger partial charge >= 0.3 is 24.1 Å². The van der Waals surface area contributed by atoms with Gasteiger partial charge in [0.2, 0.25) is 0 Å². The number of hydrogen-bond acceptors (Lipinski definition) is 8. The van der Waals surface area contributed by atoms with Crippen LogP contribution in [-0.4, -0.2) is 81.5 Å². The summed E-state index contributed by atoms with van der Waals surface area (Å²) in [6.07, 6.45) is 1.39. The Morgan fingerprint density at radius 3 is 1.20 bits per heavy atom. The van der Waals surface area contributed by atoms with Gasteiger partial charge in [0.25, 0.3) is 0 Å². The second kappa shape index (κ2) is 13.9. The van der Waals surface area contributed by atoms with Crippen molar-refractivity contribution in [2.75, 3.05) is 0 Å². The number of esters is 2. The van der Waals surface area contributed by atoms with Crippen molar-refractivity contribution in [3.05, 3.63) is 0 Å². The molecule has 0 bridgehead atoms. The van der Waals surface area contributed by atoms with Crippen LogP contribution < -0.4 is 0 Å². The zero-order valence-corrected chi connectivity index (χ0v) is 29.9. The maximum absolute atomic E-state index is 13.6. The molecule has 2 saturated heterocycles. The Balaban J connectivity index is 2.02. The topological polar surface area (TPSA) is 112 Å². The highest BCUT2D eigenvalue weighted by atomic mass is 16.6. The van der Waals surface area contributed by atoms with E-state index in [2.05, 4.69) is 0 Å². The van der Waals surface area contributed by atoms with Gasteiger partial charge in [-0.05, 0) is 103 Å². The fraction of sp³-hybridized carbons (Fsp3) is 0.882. The van der Waals surface area contributed by atoms with Crippen LogP contribution in [0.3, 0.4) is 0 Å². The average Bonchev–Trinajstić information content (AvgIpc) is 2.80. The maximum Gasteiger partial charge on any atom is 0.410 e. The third kappa shape index (κ3) is 9.99. The van der Waals surface area contributed by atoms with E-state index in [1.165, 1.54) is 0 Å². The number of nitrogens with zero attached hydrogens (tertiary/aromatic N) is 2. The van der Waals surface area contributed by atoms with E-state index < -0.39 is 22.0 Å². The van der Waals surface area contributed by atoms with Crippen molar-refractivity contribution in [2.45, 2.75) is 183 Å². The first-order chi connectivity index (χ1) is 19.9. The number of likely N-dealkylation sites (tertiary alicyclic amines) is 2. The Labute approximate surface area is 265 Å². The number of amides is 2. The second-order valence-corrected chi connectivity index (χ2v) is 16.1. The van der Waals surface area contributed by atoms with Gasteiger partial charge in [0.15, 0.2) is 0 Å². The Kier molecular flexibility index (Phi) is 11.9. The maximum atomic E-state index is 13.6. The van der Waals surface area contributed by atoms with Crippen LogP contribution in [0.1, 0.15) is 135 Å². The van der Waals surface area contributed by atoms with E-state index in [1.54, 1.807) is 9.80 Å². The summed E-state index contributed by atoms with van der Waals surface area (Å²) < 4.78 is 23.3. The molecular formula is C34H60N2O8. The molecule has 5 unspecified atom stereocenters. The van der Waals surface area contributed by atoms with Gasteiger partial charge in [-0.1, -0.05) is 6.92 Å². The molecule has 5 atom stereocenters. The fourth-order valence-electron chi connectivity index (χ4n) is 6.57. The van der Waals surface area contributed by atoms with Gasteiger partial charge in [-0.3, -0.25) is 9.59 Å². The highest BCUT2D eigenvalue weighted by Gasteiger charge is 2.46. The minimum absolute atomic E-state index is 0.155. The summed E-state index contributed by atoms with van der Waals surface area (Å²) >= 11 is 0. The quantitative estimate of drug-likeness (QED) is 0.215. The van der Waals surface area contributed by atoms with Gasteiger partial charge in [-0.2, -0.15) is 0 Å². The Morgan fingerprint density at radius 2 is 0.909 bits per heavy atom. The largest absolute Gasteiger partial charge is 0.462 e. The van der Waals surface area contributed by atoms with Gasteiger partial charge in [-0.15, -0.1) is 0 Å². The van der Waals surface area contributed by atoms with Crippen LogP contribution in [0.25, 0.3) is 0 Å². The van der Waals surface area contributed by atoms with E-state index in [4.69, 9.17) is 18.9 Å². The molecule has 0 aromatic rings. The molecule has 2 fully saturated rings. The standard InChI is InChI=1S/C34H60N2O8/c1-15-34(14,28(38)42-26-18-23(4)36(24(5)19-26)30(40)44-32(9,10)11)20-33(12,13)27(37)41-25-16-21(2)35(22(3)17-25)29(39)43-31(6,7)8/h21-26H,15-20H2,1-14H3. The lowest BCUT2D eigenvalue weighted by Crippen LogP contribution is -2.54. The van der Waals surface area contributed by atoms with Crippen molar-refractivity contribution in [2.24, 2.45) is 10.8 Å². The zero-order chi connectivity index (χ0) is 34.0. The average molecular weight is 625 g/mol. The van der Waals surface area contributed by atoms with E-state index in [-0.39, 0.29) is 66.9 Å². The van der Waals surface area contributed by atoms with E-state index in [0.29, 0.717) is 32.1 Å². The SMILES string of the molecule is CCC(C)(CC(C)(C)C(=O)OC1CC(C)N(C(=O)OC(C)(C)C)C(C)C1)C(=O)OC1CC(C)N(C(=O)OC(C)(C)C)C(C)C1. The number of ether oxygens (including phenoxy) is 4. The molecular weight excluding hydrogens is 564 g/mol. The number of piperidine rings is 2.